The molecule has 2 N–H and O–H groups in total. The predicted molar refractivity (Wildman–Crippen MR) is 76.7 cm³/mol. The largest absolute Gasteiger partial charge is 0.481 e. The zero-order valence-corrected chi connectivity index (χ0v) is 12.1. The summed E-state index contributed by atoms with van der Waals surface area (Å²) in [5.74, 6) is -0.883. The molecule has 0 saturated heterocycles. The Labute approximate surface area is 118 Å². The van der Waals surface area contributed by atoms with E-state index in [9.17, 15) is 14.7 Å². The minimum absolute atomic E-state index is 0.110. The zero-order valence-electron chi connectivity index (χ0n) is 12.1. The number of amides is 2. The Bertz CT molecular complexity index is 458. The second kappa shape index (κ2) is 6.88. The van der Waals surface area contributed by atoms with Crippen LogP contribution < -0.4 is 10.2 Å². The van der Waals surface area contributed by atoms with E-state index in [1.807, 2.05) is 13.8 Å². The Morgan fingerprint density at radius 1 is 1.40 bits per heavy atom. The third-order valence-electron chi connectivity index (χ3n) is 3.72. The van der Waals surface area contributed by atoms with Crippen LogP contribution in [-0.4, -0.2) is 35.7 Å². The van der Waals surface area contributed by atoms with E-state index in [1.165, 1.54) is 4.90 Å². The maximum atomic E-state index is 12.0. The first-order valence-electron chi connectivity index (χ1n) is 6.62. The van der Waals surface area contributed by atoms with E-state index in [-0.39, 0.29) is 12.6 Å². The molecule has 0 aromatic carbocycles. The van der Waals surface area contributed by atoms with E-state index in [4.69, 9.17) is 0 Å². The molecule has 6 nitrogen and oxygen atoms in total. The van der Waals surface area contributed by atoms with Gasteiger partial charge in [0.25, 0.3) is 0 Å². The number of aliphatic carboxylic acids is 1. The van der Waals surface area contributed by atoms with Crippen LogP contribution in [0.1, 0.15) is 26.7 Å². The molecule has 0 saturated carbocycles. The standard InChI is InChI=1S/C14H21N3O3/c1-4-14(5-2,12(18)19)10-16-13(20)17(3)11-7-6-8-15-9-11/h6-9H,4-5,10H2,1-3H3,(H,16,20)(H,18,19). The molecule has 20 heavy (non-hydrogen) atoms. The van der Waals surface area contributed by atoms with Crippen molar-refractivity contribution in [3.8, 4) is 0 Å². The van der Waals surface area contributed by atoms with Gasteiger partial charge in [0.15, 0.2) is 0 Å². The SMILES string of the molecule is CCC(CC)(CNC(=O)N(C)c1cccnc1)C(=O)O. The van der Waals surface area contributed by atoms with Crippen LogP contribution >= 0.6 is 0 Å². The quantitative estimate of drug-likeness (QED) is 0.835. The molecular formula is C14H21N3O3. The fourth-order valence-electron chi connectivity index (χ4n) is 1.91. The Morgan fingerprint density at radius 2 is 2.05 bits per heavy atom. The molecule has 1 aromatic heterocycles. The molecule has 0 radical (unpaired) electrons. The third-order valence-corrected chi connectivity index (χ3v) is 3.72. The number of nitrogens with zero attached hydrogens (tertiary/aromatic N) is 2. The van der Waals surface area contributed by atoms with E-state index < -0.39 is 11.4 Å². The van der Waals surface area contributed by atoms with E-state index in [1.54, 1.807) is 31.6 Å². The number of carboxylic acids is 1. The van der Waals surface area contributed by atoms with Crippen molar-refractivity contribution in [1.29, 1.82) is 0 Å². The summed E-state index contributed by atoms with van der Waals surface area (Å²) in [7, 11) is 1.62. The van der Waals surface area contributed by atoms with Gasteiger partial charge in [0.2, 0.25) is 0 Å². The fraction of sp³-hybridized carbons (Fsp3) is 0.500. The summed E-state index contributed by atoms with van der Waals surface area (Å²) in [6.45, 7) is 3.74. The number of rotatable bonds is 6. The van der Waals surface area contributed by atoms with Gasteiger partial charge in [0.1, 0.15) is 0 Å². The molecule has 0 aliphatic heterocycles. The van der Waals surface area contributed by atoms with Crippen molar-refractivity contribution >= 4 is 17.7 Å². The number of carbonyl (C=O) groups excluding carboxylic acids is 1. The van der Waals surface area contributed by atoms with E-state index in [2.05, 4.69) is 10.3 Å². The van der Waals surface area contributed by atoms with Gasteiger partial charge in [-0.15, -0.1) is 0 Å². The summed E-state index contributed by atoms with van der Waals surface area (Å²) in [6.07, 6.45) is 4.13. The maximum absolute atomic E-state index is 12.0. The van der Waals surface area contributed by atoms with Gasteiger partial charge in [-0.3, -0.25) is 14.7 Å². The Balaban J connectivity index is 2.69. The highest BCUT2D eigenvalue weighted by Crippen LogP contribution is 2.25. The lowest BCUT2D eigenvalue weighted by molar-refractivity contribution is -0.149. The molecule has 1 rings (SSSR count). The highest BCUT2D eigenvalue weighted by molar-refractivity contribution is 5.91. The highest BCUT2D eigenvalue weighted by Gasteiger charge is 2.35. The van der Waals surface area contributed by atoms with Crippen LogP contribution in [0.2, 0.25) is 0 Å². The zero-order chi connectivity index (χ0) is 15.2. The number of carbonyl (C=O) groups is 2. The average molecular weight is 279 g/mol. The number of pyridine rings is 1. The normalized spacial score (nSPS) is 10.9. The van der Waals surface area contributed by atoms with Crippen LogP contribution in [0.3, 0.4) is 0 Å². The highest BCUT2D eigenvalue weighted by atomic mass is 16.4. The van der Waals surface area contributed by atoms with Crippen LogP contribution in [0.4, 0.5) is 10.5 Å². The molecule has 0 unspecified atom stereocenters. The van der Waals surface area contributed by atoms with Gasteiger partial charge in [-0.05, 0) is 25.0 Å². The van der Waals surface area contributed by atoms with Crippen LogP contribution in [-0.2, 0) is 4.79 Å². The van der Waals surface area contributed by atoms with E-state index in [0.717, 1.165) is 0 Å². The molecule has 0 aliphatic carbocycles. The van der Waals surface area contributed by atoms with Gasteiger partial charge < -0.3 is 10.4 Å². The summed E-state index contributed by atoms with van der Waals surface area (Å²) in [5.41, 5.74) is -0.259. The molecule has 0 atom stereocenters. The minimum atomic E-state index is -0.911. The first-order chi connectivity index (χ1) is 9.46. The Kier molecular flexibility index (Phi) is 5.49. The molecule has 0 bridgehead atoms. The molecule has 0 aliphatic rings. The lowest BCUT2D eigenvalue weighted by atomic mass is 9.82. The smallest absolute Gasteiger partial charge is 0.321 e. The minimum Gasteiger partial charge on any atom is -0.481 e. The van der Waals surface area contributed by atoms with Crippen molar-refractivity contribution < 1.29 is 14.7 Å². The van der Waals surface area contributed by atoms with Crippen LogP contribution in [0, 0.1) is 5.41 Å². The van der Waals surface area contributed by atoms with Crippen molar-refractivity contribution in [3.05, 3.63) is 24.5 Å². The van der Waals surface area contributed by atoms with Crippen molar-refractivity contribution in [2.75, 3.05) is 18.5 Å². The summed E-state index contributed by atoms with van der Waals surface area (Å²) in [6, 6.07) is 3.15. The van der Waals surface area contributed by atoms with Gasteiger partial charge >= 0.3 is 12.0 Å². The van der Waals surface area contributed by atoms with E-state index >= 15 is 0 Å². The second-order valence-electron chi connectivity index (χ2n) is 4.72. The van der Waals surface area contributed by atoms with Gasteiger partial charge in [-0.2, -0.15) is 0 Å². The monoisotopic (exact) mass is 279 g/mol. The fourth-order valence-corrected chi connectivity index (χ4v) is 1.91. The predicted octanol–water partition coefficient (Wildman–Crippen LogP) is 2.12. The van der Waals surface area contributed by atoms with Crippen LogP contribution in [0.15, 0.2) is 24.5 Å². The number of hydrogen-bond acceptors (Lipinski definition) is 3. The van der Waals surface area contributed by atoms with E-state index in [0.29, 0.717) is 18.5 Å². The molecule has 0 fully saturated rings. The van der Waals surface area contributed by atoms with Gasteiger partial charge in [0.05, 0.1) is 17.3 Å². The summed E-state index contributed by atoms with van der Waals surface area (Å²) in [5, 5.41) is 12.0. The van der Waals surface area contributed by atoms with Gasteiger partial charge in [-0.25, -0.2) is 4.79 Å². The number of carboxylic acid groups (broad SMARTS) is 1. The van der Waals surface area contributed by atoms with Gasteiger partial charge in [0, 0.05) is 19.8 Å². The second-order valence-corrected chi connectivity index (χ2v) is 4.72. The Hall–Kier alpha value is -2.11. The maximum Gasteiger partial charge on any atom is 0.321 e. The molecular weight excluding hydrogens is 258 g/mol. The average Bonchev–Trinajstić information content (AvgIpc) is 2.48. The molecule has 2 amide bonds. The number of anilines is 1. The summed E-state index contributed by atoms with van der Waals surface area (Å²) < 4.78 is 0. The van der Waals surface area contributed by atoms with Crippen molar-refractivity contribution in [3.63, 3.8) is 0 Å². The van der Waals surface area contributed by atoms with Crippen molar-refractivity contribution in [2.45, 2.75) is 26.7 Å². The first-order valence-corrected chi connectivity index (χ1v) is 6.62. The number of nitrogens with one attached hydrogen (secondary N) is 1. The molecule has 1 heterocycles. The number of aromatic nitrogens is 1. The van der Waals surface area contributed by atoms with Crippen LogP contribution in [0.5, 0.6) is 0 Å². The van der Waals surface area contributed by atoms with Gasteiger partial charge in [-0.1, -0.05) is 13.8 Å². The number of urea groups is 1. The molecule has 110 valence electrons. The van der Waals surface area contributed by atoms with Crippen molar-refractivity contribution in [1.82, 2.24) is 10.3 Å². The first kappa shape index (κ1) is 15.9. The van der Waals surface area contributed by atoms with Crippen LogP contribution in [0.25, 0.3) is 0 Å². The number of hydrogen-bond donors (Lipinski definition) is 2. The molecule has 0 spiro atoms. The lowest BCUT2D eigenvalue weighted by Gasteiger charge is -2.28. The summed E-state index contributed by atoms with van der Waals surface area (Å²) in [4.78, 5) is 28.7. The lowest BCUT2D eigenvalue weighted by Crippen LogP contribution is -2.46. The third kappa shape index (κ3) is 3.46. The summed E-state index contributed by atoms with van der Waals surface area (Å²) >= 11 is 0. The topological polar surface area (TPSA) is 82.5 Å². The molecule has 1 aromatic rings. The Morgan fingerprint density at radius 3 is 2.50 bits per heavy atom. The van der Waals surface area contributed by atoms with Crippen molar-refractivity contribution in [2.24, 2.45) is 5.41 Å². The molecule has 6 heteroatoms.